The van der Waals surface area contributed by atoms with Crippen molar-refractivity contribution in [3.8, 4) is 0 Å². The van der Waals surface area contributed by atoms with Crippen LogP contribution < -0.4 is 5.32 Å². The van der Waals surface area contributed by atoms with E-state index in [4.69, 9.17) is 4.55 Å². The minimum absolute atomic E-state index is 0.0260. The topological polar surface area (TPSA) is 119 Å². The molecule has 0 spiro atoms. The molecule has 0 saturated carbocycles. The zero-order valence-corrected chi connectivity index (χ0v) is 13.3. The Labute approximate surface area is 144 Å². The maximum absolute atomic E-state index is 13.2. The summed E-state index contributed by atoms with van der Waals surface area (Å²) in [5.41, 5.74) is 0. The number of nitrogens with one attached hydrogen (secondary N) is 1. The lowest BCUT2D eigenvalue weighted by atomic mass is 10.2. The summed E-state index contributed by atoms with van der Waals surface area (Å²) in [5, 5.41) is -4.85. The van der Waals surface area contributed by atoms with E-state index in [-0.39, 0.29) is 6.08 Å². The molecule has 0 aromatic carbocycles. The van der Waals surface area contributed by atoms with Gasteiger partial charge in [-0.15, -0.1) is 0 Å². The second-order valence-electron chi connectivity index (χ2n) is 4.44. The Hall–Kier alpha value is -2.01. The van der Waals surface area contributed by atoms with E-state index in [9.17, 15) is 53.1 Å². The molecular formula is C10H9F8NO7S. The third kappa shape index (κ3) is 6.58. The van der Waals surface area contributed by atoms with Gasteiger partial charge >= 0.3 is 45.4 Å². The van der Waals surface area contributed by atoms with E-state index in [1.165, 1.54) is 0 Å². The van der Waals surface area contributed by atoms with Crippen molar-refractivity contribution in [2.75, 3.05) is 13.2 Å². The molecule has 158 valence electrons. The quantitative estimate of drug-likeness (QED) is 0.192. The zero-order chi connectivity index (χ0) is 21.9. The van der Waals surface area contributed by atoms with Crippen LogP contribution in [0.15, 0.2) is 12.7 Å². The number of esters is 1. The fourth-order valence-electron chi connectivity index (χ4n) is 1.15. The minimum Gasteiger partial charge on any atom is -0.412 e. The highest BCUT2D eigenvalue weighted by Crippen LogP contribution is 2.37. The predicted molar refractivity (Wildman–Crippen MR) is 66.6 cm³/mol. The molecule has 0 bridgehead atoms. The highest BCUT2D eigenvalue weighted by Gasteiger charge is 2.67. The van der Waals surface area contributed by atoms with E-state index in [0.717, 1.165) is 0 Å². The molecule has 0 aliphatic rings. The van der Waals surface area contributed by atoms with Crippen LogP contribution >= 0.6 is 0 Å². The van der Waals surface area contributed by atoms with E-state index in [1.807, 2.05) is 0 Å². The van der Waals surface area contributed by atoms with Gasteiger partial charge in [-0.25, -0.2) is 4.79 Å². The molecule has 0 rings (SSSR count). The molecule has 0 fully saturated rings. The lowest BCUT2D eigenvalue weighted by Gasteiger charge is -2.33. The van der Waals surface area contributed by atoms with Crippen molar-refractivity contribution in [1.82, 2.24) is 5.32 Å². The van der Waals surface area contributed by atoms with Crippen LogP contribution in [0.4, 0.5) is 35.1 Å². The Bertz CT molecular complexity index is 687. The van der Waals surface area contributed by atoms with Crippen LogP contribution in [0, 0.1) is 0 Å². The summed E-state index contributed by atoms with van der Waals surface area (Å²) < 4.78 is 138. The monoisotopic (exact) mass is 439 g/mol. The molecule has 0 heterocycles. The largest absolute Gasteiger partial charge is 0.466 e. The first-order chi connectivity index (χ1) is 11.8. The predicted octanol–water partition coefficient (Wildman–Crippen LogP) is 1.15. The maximum Gasteiger partial charge on any atom is 0.466 e. The number of carbonyl (C=O) groups is 2. The molecule has 0 radical (unpaired) electrons. The Balaban J connectivity index is 6.05. The van der Waals surface area contributed by atoms with Gasteiger partial charge in [0, 0.05) is 6.08 Å². The molecule has 0 aromatic rings. The first-order valence-corrected chi connectivity index (χ1v) is 7.49. The van der Waals surface area contributed by atoms with Crippen molar-refractivity contribution in [3.05, 3.63) is 12.7 Å². The van der Waals surface area contributed by atoms with Crippen LogP contribution in [-0.2, 0) is 29.2 Å². The number of hydrogen-bond acceptors (Lipinski definition) is 6. The summed E-state index contributed by atoms with van der Waals surface area (Å²) >= 11 is 0. The molecule has 8 nitrogen and oxygen atoms in total. The molecule has 0 aliphatic heterocycles. The first kappa shape index (κ1) is 25.0. The van der Waals surface area contributed by atoms with E-state index in [0.29, 0.717) is 5.32 Å². The normalized spacial score (nSPS) is 15.6. The van der Waals surface area contributed by atoms with Crippen LogP contribution in [0.1, 0.15) is 0 Å². The second kappa shape index (κ2) is 7.93. The van der Waals surface area contributed by atoms with Gasteiger partial charge in [-0.05, 0) is 0 Å². The lowest BCUT2D eigenvalue weighted by Crippen LogP contribution is -2.63. The van der Waals surface area contributed by atoms with Crippen LogP contribution in [0.3, 0.4) is 0 Å². The fraction of sp³-hybridized carbons (Fsp3) is 0.600. The van der Waals surface area contributed by atoms with Crippen molar-refractivity contribution in [2.45, 2.75) is 23.4 Å². The van der Waals surface area contributed by atoms with Gasteiger partial charge in [0.05, 0.1) is 0 Å². The van der Waals surface area contributed by atoms with E-state index in [2.05, 4.69) is 16.1 Å². The van der Waals surface area contributed by atoms with Gasteiger partial charge in [0.25, 0.3) is 0 Å². The Morgan fingerprint density at radius 2 is 1.56 bits per heavy atom. The van der Waals surface area contributed by atoms with E-state index >= 15 is 0 Å². The SMILES string of the molecule is C=CC(=O)OC(OCC(F)(F)S(=O)(=O)O)(C(=O)NCC(F)(F)F)C(F)(F)F. The van der Waals surface area contributed by atoms with Crippen LogP contribution in [0.2, 0.25) is 0 Å². The molecular weight excluding hydrogens is 430 g/mol. The summed E-state index contributed by atoms with van der Waals surface area (Å²) in [4.78, 5) is 22.6. The molecule has 1 unspecified atom stereocenters. The second-order valence-corrected chi connectivity index (χ2v) is 5.99. The third-order valence-corrected chi connectivity index (χ3v) is 3.23. The molecule has 0 aromatic heterocycles. The standard InChI is InChI=1S/C10H9F8NO7S/c1-2-5(20)26-9(10(16,17)18,6(21)19-3-7(11,12)13)25-4-8(14,15)27(22,23)24/h2H,1,3-4H2,(H,19,21)(H,22,23,24). The van der Waals surface area contributed by atoms with Crippen molar-refractivity contribution < 1.29 is 67.2 Å². The number of halogens is 8. The summed E-state index contributed by atoms with van der Waals surface area (Å²) in [6, 6.07) is 0. The highest BCUT2D eigenvalue weighted by molar-refractivity contribution is 7.86. The smallest absolute Gasteiger partial charge is 0.412 e. The van der Waals surface area contributed by atoms with Gasteiger partial charge in [0.2, 0.25) is 0 Å². The van der Waals surface area contributed by atoms with Crippen molar-refractivity contribution in [3.63, 3.8) is 0 Å². The summed E-state index contributed by atoms with van der Waals surface area (Å²) in [5.74, 6) is -10.2. The lowest BCUT2D eigenvalue weighted by molar-refractivity contribution is -0.352. The summed E-state index contributed by atoms with van der Waals surface area (Å²) in [6.45, 7) is -2.72. The van der Waals surface area contributed by atoms with Crippen LogP contribution in [-0.4, -0.2) is 61.4 Å². The fourth-order valence-corrected chi connectivity index (χ4v) is 1.36. The van der Waals surface area contributed by atoms with Gasteiger partial charge in [-0.1, -0.05) is 6.58 Å². The maximum atomic E-state index is 13.2. The Kier molecular flexibility index (Phi) is 7.34. The zero-order valence-electron chi connectivity index (χ0n) is 12.5. The number of carbonyl (C=O) groups excluding carboxylic acids is 2. The van der Waals surface area contributed by atoms with E-state index in [1.54, 1.807) is 0 Å². The van der Waals surface area contributed by atoms with E-state index < -0.39 is 58.5 Å². The summed E-state index contributed by atoms with van der Waals surface area (Å²) in [6.07, 6.45) is -11.6. The average molecular weight is 439 g/mol. The van der Waals surface area contributed by atoms with Crippen LogP contribution in [0.25, 0.3) is 0 Å². The molecule has 1 atom stereocenters. The number of ether oxygens (including phenoxy) is 2. The Morgan fingerprint density at radius 1 is 1.07 bits per heavy atom. The van der Waals surface area contributed by atoms with Gasteiger partial charge in [-0.3, -0.25) is 9.35 Å². The number of hydrogen-bond donors (Lipinski definition) is 2. The van der Waals surface area contributed by atoms with Gasteiger partial charge in [0.1, 0.15) is 13.2 Å². The van der Waals surface area contributed by atoms with Gasteiger partial charge < -0.3 is 14.8 Å². The molecule has 27 heavy (non-hydrogen) atoms. The molecule has 0 saturated heterocycles. The highest BCUT2D eigenvalue weighted by atomic mass is 32.2. The Morgan fingerprint density at radius 3 is 1.89 bits per heavy atom. The third-order valence-electron chi connectivity index (χ3n) is 2.35. The minimum atomic E-state index is -6.36. The summed E-state index contributed by atoms with van der Waals surface area (Å²) in [7, 11) is -6.36. The number of alkyl halides is 8. The molecule has 0 aliphatic carbocycles. The van der Waals surface area contributed by atoms with Crippen LogP contribution in [0.5, 0.6) is 0 Å². The van der Waals surface area contributed by atoms with Gasteiger partial charge in [0.15, 0.2) is 0 Å². The number of amides is 1. The van der Waals surface area contributed by atoms with Crippen molar-refractivity contribution in [2.24, 2.45) is 0 Å². The average Bonchev–Trinajstić information content (AvgIpc) is 2.45. The molecule has 1 amide bonds. The van der Waals surface area contributed by atoms with Gasteiger partial charge in [-0.2, -0.15) is 43.5 Å². The number of rotatable bonds is 8. The molecule has 17 heteroatoms. The van der Waals surface area contributed by atoms with Crippen molar-refractivity contribution in [1.29, 1.82) is 0 Å². The first-order valence-electron chi connectivity index (χ1n) is 6.05. The van der Waals surface area contributed by atoms with Crippen molar-refractivity contribution >= 4 is 22.0 Å². The molecule has 2 N–H and O–H groups in total.